The average molecular weight is 168 g/mol. The summed E-state index contributed by atoms with van der Waals surface area (Å²) in [5, 5.41) is 0. The van der Waals surface area contributed by atoms with Crippen molar-refractivity contribution in [2.24, 2.45) is 0 Å². The Labute approximate surface area is 57.9 Å². The number of halogens is 2. The summed E-state index contributed by atoms with van der Waals surface area (Å²) in [6, 6.07) is 0. The van der Waals surface area contributed by atoms with Crippen LogP contribution in [0.5, 0.6) is 0 Å². The zero-order valence-corrected chi connectivity index (χ0v) is 6.06. The standard InChI is InChI=1S/C5H7F2O2P/c1-3-5(4-2)9-10(6,7)8/h3-5H,1-2H2. The van der Waals surface area contributed by atoms with Crippen molar-refractivity contribution >= 4 is 7.99 Å². The van der Waals surface area contributed by atoms with Gasteiger partial charge >= 0.3 is 7.99 Å². The predicted octanol–water partition coefficient (Wildman–Crippen LogP) is 2.79. The van der Waals surface area contributed by atoms with Gasteiger partial charge in [0, 0.05) is 0 Å². The van der Waals surface area contributed by atoms with Crippen LogP contribution in [0.1, 0.15) is 0 Å². The largest absolute Gasteiger partial charge is 0.552 e. The fourth-order valence-electron chi connectivity index (χ4n) is 0.324. The van der Waals surface area contributed by atoms with Crippen LogP contribution in [0.4, 0.5) is 8.39 Å². The zero-order chi connectivity index (χ0) is 8.20. The summed E-state index contributed by atoms with van der Waals surface area (Å²) < 4.78 is 36.6. The second kappa shape index (κ2) is 3.64. The molecule has 0 aliphatic rings. The number of hydrogen-bond donors (Lipinski definition) is 0. The van der Waals surface area contributed by atoms with Crippen LogP contribution in [0.15, 0.2) is 25.3 Å². The minimum absolute atomic E-state index is 1.04. The van der Waals surface area contributed by atoms with Gasteiger partial charge < -0.3 is 0 Å². The Kier molecular flexibility index (Phi) is 3.47. The molecule has 0 rings (SSSR count). The van der Waals surface area contributed by atoms with Crippen LogP contribution in [0.2, 0.25) is 0 Å². The van der Waals surface area contributed by atoms with Gasteiger partial charge in [-0.1, -0.05) is 12.2 Å². The van der Waals surface area contributed by atoms with E-state index >= 15 is 0 Å². The van der Waals surface area contributed by atoms with Gasteiger partial charge in [0.25, 0.3) is 0 Å². The third-order valence-corrected chi connectivity index (χ3v) is 1.20. The summed E-state index contributed by atoms with van der Waals surface area (Å²) in [6.07, 6.45) is 1.12. The summed E-state index contributed by atoms with van der Waals surface area (Å²) in [7, 11) is -5.40. The maximum absolute atomic E-state index is 11.6. The topological polar surface area (TPSA) is 26.3 Å². The fourth-order valence-corrected chi connectivity index (χ4v) is 0.780. The lowest BCUT2D eigenvalue weighted by atomic mass is 10.4. The van der Waals surface area contributed by atoms with Gasteiger partial charge in [-0.3, -0.25) is 4.52 Å². The first-order valence-corrected chi connectivity index (χ1v) is 3.83. The SMILES string of the molecule is C=CC(C=C)OP(=O)(F)F. The van der Waals surface area contributed by atoms with Crippen molar-refractivity contribution in [3.63, 3.8) is 0 Å². The molecule has 0 atom stereocenters. The molecule has 0 radical (unpaired) electrons. The Hall–Kier alpha value is -0.470. The third-order valence-electron chi connectivity index (χ3n) is 0.709. The molecule has 0 fully saturated rings. The molecule has 0 aromatic heterocycles. The molecule has 5 heteroatoms. The Morgan fingerprint density at radius 2 is 1.80 bits per heavy atom. The van der Waals surface area contributed by atoms with Crippen molar-refractivity contribution in [1.29, 1.82) is 0 Å². The van der Waals surface area contributed by atoms with Crippen LogP contribution in [0, 0.1) is 0 Å². The summed E-state index contributed by atoms with van der Waals surface area (Å²) in [6.45, 7) is 6.33. The van der Waals surface area contributed by atoms with E-state index in [0.29, 0.717) is 0 Å². The summed E-state index contributed by atoms with van der Waals surface area (Å²) in [5.41, 5.74) is 0. The van der Waals surface area contributed by atoms with Gasteiger partial charge in [-0.2, -0.15) is 0 Å². The molecule has 0 amide bonds. The highest BCUT2D eigenvalue weighted by atomic mass is 31.2. The van der Waals surface area contributed by atoms with E-state index in [1.54, 1.807) is 0 Å². The van der Waals surface area contributed by atoms with Crippen LogP contribution < -0.4 is 0 Å². The van der Waals surface area contributed by atoms with Gasteiger partial charge in [-0.25, -0.2) is 4.57 Å². The molecule has 0 saturated heterocycles. The molecule has 2 nitrogen and oxygen atoms in total. The van der Waals surface area contributed by atoms with E-state index < -0.39 is 14.1 Å². The number of rotatable bonds is 4. The Balaban J connectivity index is 3.99. The molecule has 0 N–H and O–H groups in total. The van der Waals surface area contributed by atoms with Crippen molar-refractivity contribution in [3.05, 3.63) is 25.3 Å². The lowest BCUT2D eigenvalue weighted by Crippen LogP contribution is -1.99. The summed E-state index contributed by atoms with van der Waals surface area (Å²) >= 11 is 0. The van der Waals surface area contributed by atoms with Crippen LogP contribution in [0.3, 0.4) is 0 Å². The van der Waals surface area contributed by atoms with Gasteiger partial charge in [0.1, 0.15) is 6.10 Å². The Morgan fingerprint density at radius 1 is 1.40 bits per heavy atom. The maximum atomic E-state index is 11.6. The van der Waals surface area contributed by atoms with E-state index in [-0.39, 0.29) is 0 Å². The van der Waals surface area contributed by atoms with Crippen molar-refractivity contribution in [3.8, 4) is 0 Å². The van der Waals surface area contributed by atoms with Crippen LogP contribution >= 0.6 is 7.99 Å². The first kappa shape index (κ1) is 9.53. The van der Waals surface area contributed by atoms with E-state index in [9.17, 15) is 13.0 Å². The minimum Gasteiger partial charge on any atom is -0.268 e. The molecular formula is C5H7F2O2P. The van der Waals surface area contributed by atoms with E-state index in [1.807, 2.05) is 0 Å². The molecule has 0 aromatic rings. The highest BCUT2D eigenvalue weighted by molar-refractivity contribution is 7.47. The van der Waals surface area contributed by atoms with Crippen molar-refractivity contribution in [2.75, 3.05) is 0 Å². The van der Waals surface area contributed by atoms with E-state index in [1.165, 1.54) is 0 Å². The maximum Gasteiger partial charge on any atom is 0.552 e. The van der Waals surface area contributed by atoms with E-state index in [2.05, 4.69) is 17.7 Å². The second-order valence-electron chi connectivity index (χ2n) is 1.46. The molecule has 0 aliphatic heterocycles. The van der Waals surface area contributed by atoms with Crippen molar-refractivity contribution in [2.45, 2.75) is 6.10 Å². The first-order valence-electron chi connectivity index (χ1n) is 2.42. The zero-order valence-electron chi connectivity index (χ0n) is 5.17. The minimum atomic E-state index is -5.40. The highest BCUT2D eigenvalue weighted by Crippen LogP contribution is 2.51. The van der Waals surface area contributed by atoms with E-state index in [4.69, 9.17) is 0 Å². The van der Waals surface area contributed by atoms with E-state index in [0.717, 1.165) is 12.2 Å². The lowest BCUT2D eigenvalue weighted by molar-refractivity contribution is 0.240. The summed E-state index contributed by atoms with van der Waals surface area (Å²) in [4.78, 5) is 0. The Morgan fingerprint density at radius 3 is 1.90 bits per heavy atom. The smallest absolute Gasteiger partial charge is 0.268 e. The molecule has 0 bridgehead atoms. The molecule has 0 aromatic carbocycles. The summed E-state index contributed by atoms with van der Waals surface area (Å²) in [5.74, 6) is 0. The normalized spacial score (nSPS) is 11.5. The highest BCUT2D eigenvalue weighted by Gasteiger charge is 2.23. The molecule has 0 saturated carbocycles. The molecule has 0 spiro atoms. The van der Waals surface area contributed by atoms with Crippen molar-refractivity contribution < 1.29 is 17.5 Å². The quantitative estimate of drug-likeness (QED) is 0.476. The molecule has 0 unspecified atom stereocenters. The number of hydrogen-bond acceptors (Lipinski definition) is 2. The lowest BCUT2D eigenvalue weighted by Gasteiger charge is -2.05. The second-order valence-corrected chi connectivity index (χ2v) is 2.50. The third kappa shape index (κ3) is 4.41. The molecule has 0 heterocycles. The van der Waals surface area contributed by atoms with Gasteiger partial charge in [-0.05, 0) is 0 Å². The van der Waals surface area contributed by atoms with Crippen LogP contribution in [-0.2, 0) is 9.09 Å². The molecule has 10 heavy (non-hydrogen) atoms. The fraction of sp³-hybridized carbons (Fsp3) is 0.200. The van der Waals surface area contributed by atoms with Gasteiger partial charge in [0.15, 0.2) is 0 Å². The van der Waals surface area contributed by atoms with Crippen LogP contribution in [0.25, 0.3) is 0 Å². The molecular weight excluding hydrogens is 161 g/mol. The molecule has 0 aliphatic carbocycles. The first-order chi connectivity index (χ1) is 4.49. The monoisotopic (exact) mass is 168 g/mol. The Bertz CT molecular complexity index is 166. The van der Waals surface area contributed by atoms with Gasteiger partial charge in [-0.15, -0.1) is 21.6 Å². The molecule has 58 valence electrons. The van der Waals surface area contributed by atoms with Crippen LogP contribution in [-0.4, -0.2) is 6.10 Å². The average Bonchev–Trinajstić information content (AvgIpc) is 1.81. The van der Waals surface area contributed by atoms with Gasteiger partial charge in [0.2, 0.25) is 0 Å². The predicted molar refractivity (Wildman–Crippen MR) is 35.1 cm³/mol. The van der Waals surface area contributed by atoms with Gasteiger partial charge in [0.05, 0.1) is 0 Å². The van der Waals surface area contributed by atoms with Crippen molar-refractivity contribution in [1.82, 2.24) is 0 Å².